The van der Waals surface area contributed by atoms with E-state index in [1.54, 1.807) is 6.08 Å². The van der Waals surface area contributed by atoms with Gasteiger partial charge in [-0.3, -0.25) is 19.3 Å². The van der Waals surface area contributed by atoms with Crippen molar-refractivity contribution in [2.24, 2.45) is 17.6 Å². The number of primary amides is 1. The molecule has 2 aromatic carbocycles. The summed E-state index contributed by atoms with van der Waals surface area (Å²) in [6.07, 6.45) is -0.624. The van der Waals surface area contributed by atoms with E-state index in [1.165, 1.54) is 61.5 Å². The molecule has 0 radical (unpaired) electrons. The smallest absolute Gasteiger partial charge is 0.255 e. The van der Waals surface area contributed by atoms with Crippen LogP contribution in [0.2, 0.25) is 0 Å². The number of rotatable bonds is 4. The number of carbonyl (C=O) groups excluding carboxylic acids is 3. The molecule has 5 rings (SSSR count). The Morgan fingerprint density at radius 2 is 1.66 bits per heavy atom. The molecule has 0 aliphatic heterocycles. The highest BCUT2D eigenvalue weighted by Gasteiger charge is 2.68. The molecule has 41 heavy (non-hydrogen) atoms. The molecular weight excluding hydrogens is 539 g/mol. The fourth-order valence-electron chi connectivity index (χ4n) is 6.19. The lowest BCUT2D eigenvalue weighted by atomic mass is 9.55. The van der Waals surface area contributed by atoms with E-state index in [0.717, 1.165) is 0 Å². The molecule has 2 aromatic rings. The summed E-state index contributed by atoms with van der Waals surface area (Å²) < 4.78 is 13.2. The lowest BCUT2D eigenvalue weighted by Gasteiger charge is -2.53. The molecule has 0 spiro atoms. The molecule has 0 aromatic heterocycles. The SMILES string of the molecule is CN(C)[C@@H]1C(=O)C(C(N)=O)=C(O)[C@@]2(O)C(=O)C3=C(O)c4c(ccc(/C=C/c5ccc(F)cc5)c4O)[C@H](O)[C@H]3[C@H](O)[C@@H]12. The first-order chi connectivity index (χ1) is 19.2. The monoisotopic (exact) mass is 566 g/mol. The van der Waals surface area contributed by atoms with Crippen molar-refractivity contribution >= 4 is 35.4 Å². The summed E-state index contributed by atoms with van der Waals surface area (Å²) in [5.74, 6) is -10.5. The Labute approximate surface area is 232 Å². The molecule has 12 heteroatoms. The number of Topliss-reactive ketones (excluding diaryl/α,β-unsaturated/α-hetero) is 2. The minimum atomic E-state index is -3.08. The molecule has 3 aliphatic carbocycles. The normalized spacial score (nSPS) is 29.6. The number of aromatic hydroxyl groups is 1. The van der Waals surface area contributed by atoms with E-state index in [1.807, 2.05) is 0 Å². The number of phenolic OH excluding ortho intramolecular Hbond substituents is 1. The zero-order chi connectivity index (χ0) is 30.1. The van der Waals surface area contributed by atoms with Crippen LogP contribution >= 0.6 is 0 Å². The Morgan fingerprint density at radius 3 is 2.24 bits per heavy atom. The van der Waals surface area contributed by atoms with E-state index in [4.69, 9.17) is 5.73 Å². The van der Waals surface area contributed by atoms with Crippen molar-refractivity contribution in [2.45, 2.75) is 23.9 Å². The van der Waals surface area contributed by atoms with Crippen molar-refractivity contribution in [3.05, 3.63) is 81.4 Å². The molecule has 214 valence electrons. The standard InChI is InChI=1S/C29H27FN2O9/c1-32(2)20-19-24(36)16-17(26(38)29(19,41)27(39)18(25(20)37)28(31)40)23(35)15-14(22(16)34)10-7-12(21(15)33)6-3-11-4-8-13(30)9-5-11/h3-10,16,19-20,22,24,33-36,39,41H,1-2H3,(H2,31,40)/b6-3+/t16-,19+,20-,22-,24-,29-/m0/s1. The maximum absolute atomic E-state index is 13.9. The summed E-state index contributed by atoms with van der Waals surface area (Å²) in [6, 6.07) is 6.72. The number of nitrogens with zero attached hydrogens (tertiary/aromatic N) is 1. The van der Waals surface area contributed by atoms with Gasteiger partial charge in [0.05, 0.1) is 29.7 Å². The number of fused-ring (bicyclic) bond motifs is 3. The van der Waals surface area contributed by atoms with Crippen molar-refractivity contribution in [1.82, 2.24) is 4.90 Å². The van der Waals surface area contributed by atoms with Gasteiger partial charge in [-0.05, 0) is 37.4 Å². The average Bonchev–Trinajstić information content (AvgIpc) is 2.90. The fourth-order valence-corrected chi connectivity index (χ4v) is 6.19. The molecular formula is C29H27FN2O9. The number of likely N-dealkylation sites (N-methyl/N-ethyl adjacent to an activating group) is 1. The average molecular weight is 567 g/mol. The third-order valence-corrected chi connectivity index (χ3v) is 8.12. The Kier molecular flexibility index (Phi) is 6.62. The molecule has 8 N–H and O–H groups in total. The van der Waals surface area contributed by atoms with E-state index < -0.39 is 87.4 Å². The molecule has 11 nitrogen and oxygen atoms in total. The third kappa shape index (κ3) is 3.90. The van der Waals surface area contributed by atoms with Crippen LogP contribution in [0.3, 0.4) is 0 Å². The van der Waals surface area contributed by atoms with Gasteiger partial charge >= 0.3 is 0 Å². The van der Waals surface area contributed by atoms with Gasteiger partial charge < -0.3 is 36.4 Å². The number of benzene rings is 2. The van der Waals surface area contributed by atoms with Gasteiger partial charge in [-0.15, -0.1) is 0 Å². The minimum absolute atomic E-state index is 0.0499. The van der Waals surface area contributed by atoms with Gasteiger partial charge in [0.25, 0.3) is 5.91 Å². The van der Waals surface area contributed by atoms with Crippen LogP contribution in [-0.2, 0) is 14.4 Å². The van der Waals surface area contributed by atoms with Crippen LogP contribution in [0, 0.1) is 17.7 Å². The fraction of sp³-hybridized carbons (Fsp3) is 0.276. The molecule has 6 atom stereocenters. The Balaban J connectivity index is 1.70. The van der Waals surface area contributed by atoms with Crippen LogP contribution in [0.4, 0.5) is 4.39 Å². The highest BCUT2D eigenvalue weighted by Crippen LogP contribution is 2.55. The number of hydrogen-bond acceptors (Lipinski definition) is 10. The number of ketones is 2. The summed E-state index contributed by atoms with van der Waals surface area (Å²) in [5.41, 5.74) is 0.772. The quantitative estimate of drug-likeness (QED) is 0.204. The number of aliphatic hydroxyl groups excluding tert-OH is 4. The molecule has 1 amide bonds. The summed E-state index contributed by atoms with van der Waals surface area (Å²) in [7, 11) is 2.77. The van der Waals surface area contributed by atoms with Crippen LogP contribution in [0.5, 0.6) is 5.75 Å². The number of nitrogens with two attached hydrogens (primary N) is 1. The second-order valence-electron chi connectivity index (χ2n) is 10.6. The van der Waals surface area contributed by atoms with Crippen molar-refractivity contribution in [3.8, 4) is 5.75 Å². The first-order valence-corrected chi connectivity index (χ1v) is 12.5. The minimum Gasteiger partial charge on any atom is -0.508 e. The van der Waals surface area contributed by atoms with Crippen molar-refractivity contribution in [2.75, 3.05) is 14.1 Å². The second-order valence-corrected chi connectivity index (χ2v) is 10.6. The lowest BCUT2D eigenvalue weighted by Crippen LogP contribution is -2.70. The predicted molar refractivity (Wildman–Crippen MR) is 142 cm³/mol. The van der Waals surface area contributed by atoms with Gasteiger partial charge in [0.1, 0.15) is 28.7 Å². The summed E-state index contributed by atoms with van der Waals surface area (Å²) in [5, 5.41) is 67.8. The van der Waals surface area contributed by atoms with Gasteiger partial charge in [0.15, 0.2) is 11.4 Å². The van der Waals surface area contributed by atoms with Gasteiger partial charge in [0.2, 0.25) is 5.78 Å². The molecule has 0 bridgehead atoms. The third-order valence-electron chi connectivity index (χ3n) is 8.12. The second kappa shape index (κ2) is 9.63. The maximum atomic E-state index is 13.9. The van der Waals surface area contributed by atoms with Crippen molar-refractivity contribution in [1.29, 1.82) is 0 Å². The number of phenols is 1. The van der Waals surface area contributed by atoms with Crippen LogP contribution in [0.15, 0.2) is 53.3 Å². The first-order valence-electron chi connectivity index (χ1n) is 12.5. The van der Waals surface area contributed by atoms with Crippen molar-refractivity contribution in [3.63, 3.8) is 0 Å². The summed E-state index contributed by atoms with van der Waals surface area (Å²) in [4.78, 5) is 40.4. The number of carbonyl (C=O) groups is 3. The Morgan fingerprint density at radius 1 is 1.02 bits per heavy atom. The topological polar surface area (TPSA) is 202 Å². The van der Waals surface area contributed by atoms with Crippen LogP contribution in [0.25, 0.3) is 17.9 Å². The van der Waals surface area contributed by atoms with E-state index >= 15 is 0 Å². The van der Waals surface area contributed by atoms with E-state index in [2.05, 4.69) is 0 Å². The van der Waals surface area contributed by atoms with Gasteiger partial charge in [-0.1, -0.05) is 36.4 Å². The van der Waals surface area contributed by atoms with Crippen molar-refractivity contribution < 1.29 is 49.4 Å². The summed E-state index contributed by atoms with van der Waals surface area (Å²) in [6.45, 7) is 0. The first kappa shape index (κ1) is 28.2. The molecule has 1 fully saturated rings. The highest BCUT2D eigenvalue weighted by molar-refractivity contribution is 6.24. The van der Waals surface area contributed by atoms with Crippen LogP contribution in [0.1, 0.15) is 28.4 Å². The van der Waals surface area contributed by atoms with Crippen LogP contribution < -0.4 is 5.73 Å². The number of halogens is 1. The van der Waals surface area contributed by atoms with E-state index in [0.29, 0.717) is 5.56 Å². The lowest BCUT2D eigenvalue weighted by molar-refractivity contribution is -0.174. The zero-order valence-electron chi connectivity index (χ0n) is 21.8. The van der Waals surface area contributed by atoms with E-state index in [-0.39, 0.29) is 16.7 Å². The Hall–Kier alpha value is -4.36. The van der Waals surface area contributed by atoms with Crippen LogP contribution in [-0.4, -0.2) is 84.9 Å². The van der Waals surface area contributed by atoms with Gasteiger partial charge in [-0.25, -0.2) is 4.39 Å². The summed E-state index contributed by atoms with van der Waals surface area (Å²) >= 11 is 0. The highest BCUT2D eigenvalue weighted by atomic mass is 19.1. The van der Waals surface area contributed by atoms with E-state index in [9.17, 15) is 49.4 Å². The predicted octanol–water partition coefficient (Wildman–Crippen LogP) is 0.735. The molecule has 0 saturated heterocycles. The number of aliphatic hydroxyl groups is 5. The molecule has 0 heterocycles. The maximum Gasteiger partial charge on any atom is 0.255 e. The zero-order valence-corrected chi connectivity index (χ0v) is 21.8. The molecule has 3 aliphatic rings. The molecule has 1 saturated carbocycles. The molecule has 0 unspecified atom stereocenters. The Bertz CT molecular complexity index is 1590. The van der Waals surface area contributed by atoms with Gasteiger partial charge in [-0.2, -0.15) is 0 Å². The van der Waals surface area contributed by atoms with Gasteiger partial charge in [0, 0.05) is 17.1 Å². The number of hydrogen-bond donors (Lipinski definition) is 7. The number of amides is 1. The largest absolute Gasteiger partial charge is 0.508 e.